The zero-order valence-electron chi connectivity index (χ0n) is 11.1. The Bertz CT molecular complexity index is 210. The summed E-state index contributed by atoms with van der Waals surface area (Å²) in [5.41, 5.74) is 0. The van der Waals surface area contributed by atoms with Crippen molar-refractivity contribution < 1.29 is 23.8 Å². The van der Waals surface area contributed by atoms with Crippen LogP contribution in [0, 0.1) is 0 Å². The quantitative estimate of drug-likeness (QED) is 0.659. The molecule has 0 aromatic heterocycles. The number of alkyl carbamates (subject to hydrolysis) is 2. The minimum atomic E-state index is -0.458. The summed E-state index contributed by atoms with van der Waals surface area (Å²) in [6.45, 7) is 5.63. The van der Waals surface area contributed by atoms with Gasteiger partial charge in [-0.1, -0.05) is 0 Å². The van der Waals surface area contributed by atoms with Crippen molar-refractivity contribution in [2.45, 2.75) is 13.8 Å². The van der Waals surface area contributed by atoms with E-state index in [-0.39, 0.29) is 24.8 Å². The van der Waals surface area contributed by atoms with E-state index in [4.69, 9.17) is 4.74 Å². The summed E-state index contributed by atoms with van der Waals surface area (Å²) in [5.74, 6) is 0. The van der Waals surface area contributed by atoms with E-state index in [2.05, 4.69) is 20.1 Å². The lowest BCUT2D eigenvalue weighted by molar-refractivity contribution is 0.119. The molecule has 0 saturated carbocycles. The van der Waals surface area contributed by atoms with Gasteiger partial charge in [0.2, 0.25) is 0 Å². The molecule has 0 aliphatic rings. The van der Waals surface area contributed by atoms with Gasteiger partial charge >= 0.3 is 12.2 Å². The Morgan fingerprint density at radius 1 is 0.842 bits per heavy atom. The van der Waals surface area contributed by atoms with Crippen LogP contribution in [0.15, 0.2) is 0 Å². The van der Waals surface area contributed by atoms with E-state index < -0.39 is 12.2 Å². The predicted octanol–water partition coefficient (Wildman–Crippen LogP) is 1.34. The number of hydrogen-bond donors (Lipinski definition) is 2. The molecule has 19 heavy (non-hydrogen) atoms. The minimum Gasteiger partial charge on any atom is -0.450 e. The first-order chi connectivity index (χ1) is 8.20. The van der Waals surface area contributed by atoms with E-state index >= 15 is 0 Å². The highest BCUT2D eigenvalue weighted by Crippen LogP contribution is 1.79. The van der Waals surface area contributed by atoms with Crippen LogP contribution >= 0.6 is 24.8 Å². The molecule has 0 bridgehead atoms. The lowest BCUT2D eigenvalue weighted by Crippen LogP contribution is -2.30. The zero-order valence-corrected chi connectivity index (χ0v) is 12.7. The molecule has 0 aliphatic heterocycles. The Kier molecular flexibility index (Phi) is 20.8. The molecule has 9 heteroatoms. The molecule has 0 saturated heterocycles. The first-order valence-corrected chi connectivity index (χ1v) is 5.59. The fraction of sp³-hybridized carbons (Fsp3) is 0.800. The molecule has 0 aromatic carbocycles. The largest absolute Gasteiger partial charge is 0.450 e. The molecule has 7 nitrogen and oxygen atoms in total. The van der Waals surface area contributed by atoms with Crippen molar-refractivity contribution in [3.63, 3.8) is 0 Å². The molecule has 0 fully saturated rings. The van der Waals surface area contributed by atoms with Gasteiger partial charge < -0.3 is 24.8 Å². The van der Waals surface area contributed by atoms with Crippen LogP contribution in [-0.4, -0.2) is 51.7 Å². The van der Waals surface area contributed by atoms with Gasteiger partial charge in [0.25, 0.3) is 0 Å². The molecule has 0 atom stereocenters. The van der Waals surface area contributed by atoms with Gasteiger partial charge in [0.1, 0.15) is 0 Å². The SMILES string of the molecule is CCOC(=O)NCCOCCNC(=O)OCC.Cl.Cl. The van der Waals surface area contributed by atoms with Crippen LogP contribution in [0.1, 0.15) is 13.8 Å². The maximum atomic E-state index is 10.8. The molecule has 116 valence electrons. The standard InChI is InChI=1S/C10H20N2O5.2ClH/c1-3-16-9(13)11-5-7-15-8-6-12-10(14)17-4-2;;/h3-8H2,1-2H3,(H,11,13)(H,12,14);2*1H. The molecule has 0 spiro atoms. The topological polar surface area (TPSA) is 85.9 Å². The molecular weight excluding hydrogens is 299 g/mol. The highest BCUT2D eigenvalue weighted by Gasteiger charge is 1.99. The van der Waals surface area contributed by atoms with Gasteiger partial charge in [0, 0.05) is 13.1 Å². The number of amides is 2. The third-order valence-electron chi connectivity index (χ3n) is 1.58. The molecule has 0 aromatic rings. The van der Waals surface area contributed by atoms with Crippen LogP contribution < -0.4 is 10.6 Å². The summed E-state index contributed by atoms with van der Waals surface area (Å²) >= 11 is 0. The van der Waals surface area contributed by atoms with Gasteiger partial charge in [-0.3, -0.25) is 0 Å². The smallest absolute Gasteiger partial charge is 0.407 e. The van der Waals surface area contributed by atoms with E-state index in [1.54, 1.807) is 13.8 Å². The van der Waals surface area contributed by atoms with Crippen LogP contribution in [0.3, 0.4) is 0 Å². The van der Waals surface area contributed by atoms with Gasteiger partial charge in [-0.15, -0.1) is 24.8 Å². The lowest BCUT2D eigenvalue weighted by Gasteiger charge is -2.07. The van der Waals surface area contributed by atoms with Gasteiger partial charge in [-0.2, -0.15) is 0 Å². The van der Waals surface area contributed by atoms with Crippen LogP contribution in [0.2, 0.25) is 0 Å². The first-order valence-electron chi connectivity index (χ1n) is 5.59. The van der Waals surface area contributed by atoms with E-state index in [1.165, 1.54) is 0 Å². The Morgan fingerprint density at radius 3 is 1.53 bits per heavy atom. The maximum Gasteiger partial charge on any atom is 0.407 e. The summed E-state index contributed by atoms with van der Waals surface area (Å²) in [4.78, 5) is 21.7. The molecule has 0 aliphatic carbocycles. The summed E-state index contributed by atoms with van der Waals surface area (Å²) in [7, 11) is 0. The lowest BCUT2D eigenvalue weighted by atomic mass is 10.6. The molecule has 0 rings (SSSR count). The first kappa shape index (κ1) is 23.2. The zero-order chi connectivity index (χ0) is 12.9. The summed E-state index contributed by atoms with van der Waals surface area (Å²) in [6, 6.07) is 0. The van der Waals surface area contributed by atoms with Gasteiger partial charge in [-0.25, -0.2) is 9.59 Å². The molecule has 2 amide bonds. The van der Waals surface area contributed by atoms with Crippen LogP contribution in [0.25, 0.3) is 0 Å². The summed E-state index contributed by atoms with van der Waals surface area (Å²) in [6.07, 6.45) is -0.915. The number of hydrogen-bond acceptors (Lipinski definition) is 5. The van der Waals surface area contributed by atoms with Crippen molar-refractivity contribution in [3.8, 4) is 0 Å². The molecule has 0 radical (unpaired) electrons. The Labute approximate surface area is 125 Å². The third-order valence-corrected chi connectivity index (χ3v) is 1.58. The average Bonchev–Trinajstić information content (AvgIpc) is 2.28. The van der Waals surface area contributed by atoms with E-state index in [0.717, 1.165) is 0 Å². The van der Waals surface area contributed by atoms with Crippen molar-refractivity contribution in [3.05, 3.63) is 0 Å². The summed E-state index contributed by atoms with van der Waals surface area (Å²) < 4.78 is 14.4. The number of halogens is 2. The number of rotatable bonds is 8. The summed E-state index contributed by atoms with van der Waals surface area (Å²) in [5, 5.41) is 5.01. The molecular formula is C10H22Cl2N2O5. The van der Waals surface area contributed by atoms with Crippen LogP contribution in [0.4, 0.5) is 9.59 Å². The van der Waals surface area contributed by atoms with Crippen molar-refractivity contribution in [2.75, 3.05) is 39.5 Å². The average molecular weight is 321 g/mol. The van der Waals surface area contributed by atoms with Crippen LogP contribution in [0.5, 0.6) is 0 Å². The number of carbonyl (C=O) groups is 2. The van der Waals surface area contributed by atoms with Crippen molar-refractivity contribution in [1.29, 1.82) is 0 Å². The number of nitrogens with one attached hydrogen (secondary N) is 2. The minimum absolute atomic E-state index is 0. The van der Waals surface area contributed by atoms with Crippen molar-refractivity contribution >= 4 is 37.0 Å². The number of carbonyl (C=O) groups excluding carboxylic acids is 2. The third kappa shape index (κ3) is 17.1. The maximum absolute atomic E-state index is 10.8. The van der Waals surface area contributed by atoms with Crippen molar-refractivity contribution in [2.24, 2.45) is 0 Å². The Hall–Kier alpha value is -0.920. The highest BCUT2D eigenvalue weighted by molar-refractivity contribution is 5.85. The van der Waals surface area contributed by atoms with Gasteiger partial charge in [0.15, 0.2) is 0 Å². The molecule has 0 heterocycles. The highest BCUT2D eigenvalue weighted by atomic mass is 35.5. The molecule has 0 unspecified atom stereocenters. The molecule has 2 N–H and O–H groups in total. The Morgan fingerprint density at radius 2 is 1.21 bits per heavy atom. The Balaban J connectivity index is -0.00000128. The van der Waals surface area contributed by atoms with Gasteiger partial charge in [0.05, 0.1) is 26.4 Å². The fourth-order valence-electron chi connectivity index (χ4n) is 0.917. The monoisotopic (exact) mass is 320 g/mol. The second kappa shape index (κ2) is 17.1. The van der Waals surface area contributed by atoms with Gasteiger partial charge in [-0.05, 0) is 13.8 Å². The van der Waals surface area contributed by atoms with E-state index in [9.17, 15) is 9.59 Å². The predicted molar refractivity (Wildman–Crippen MR) is 75.4 cm³/mol. The normalized spacial score (nSPS) is 8.53. The van der Waals surface area contributed by atoms with Crippen LogP contribution in [-0.2, 0) is 14.2 Å². The van der Waals surface area contributed by atoms with E-state index in [0.29, 0.717) is 39.5 Å². The van der Waals surface area contributed by atoms with E-state index in [1.807, 2.05) is 0 Å². The van der Waals surface area contributed by atoms with Crippen molar-refractivity contribution in [1.82, 2.24) is 10.6 Å². The number of ether oxygens (including phenoxy) is 3. The second-order valence-electron chi connectivity index (χ2n) is 2.91. The fourth-order valence-corrected chi connectivity index (χ4v) is 0.917. The second-order valence-corrected chi connectivity index (χ2v) is 2.91.